The van der Waals surface area contributed by atoms with Crippen LogP contribution >= 0.6 is 11.8 Å². The number of nitrogens with zero attached hydrogens (tertiary/aromatic N) is 2. The third-order valence-electron chi connectivity index (χ3n) is 4.07. The van der Waals surface area contributed by atoms with Crippen molar-refractivity contribution in [3.63, 3.8) is 0 Å². The van der Waals surface area contributed by atoms with Gasteiger partial charge in [0.05, 0.1) is 13.2 Å². The minimum Gasteiger partial charge on any atom is -0.370 e. The van der Waals surface area contributed by atoms with Gasteiger partial charge in [0.25, 0.3) is 0 Å². The summed E-state index contributed by atoms with van der Waals surface area (Å²) < 4.78 is 11.9. The zero-order valence-electron chi connectivity index (χ0n) is 11.3. The molecule has 1 atom stereocenters. The molecule has 3 aliphatic rings. The summed E-state index contributed by atoms with van der Waals surface area (Å²) in [6, 6.07) is 0. The highest BCUT2D eigenvalue weighted by molar-refractivity contribution is 7.99. The van der Waals surface area contributed by atoms with Crippen molar-refractivity contribution >= 4 is 17.7 Å². The molecule has 6 heteroatoms. The van der Waals surface area contributed by atoms with E-state index in [1.54, 1.807) is 0 Å². The van der Waals surface area contributed by atoms with Crippen molar-refractivity contribution in [2.45, 2.75) is 37.6 Å². The minimum atomic E-state index is -0.281. The van der Waals surface area contributed by atoms with E-state index in [0.29, 0.717) is 19.1 Å². The molecule has 19 heavy (non-hydrogen) atoms. The van der Waals surface area contributed by atoms with Crippen LogP contribution in [0.15, 0.2) is 4.99 Å². The first-order valence-corrected chi connectivity index (χ1v) is 8.37. The summed E-state index contributed by atoms with van der Waals surface area (Å²) >= 11 is 1.98. The number of aliphatic imine (C=N–C) groups is 1. The van der Waals surface area contributed by atoms with E-state index in [9.17, 15) is 0 Å². The molecule has 1 spiro atoms. The van der Waals surface area contributed by atoms with Crippen LogP contribution in [0.25, 0.3) is 0 Å². The number of ether oxygens (including phenoxy) is 2. The predicted octanol–water partition coefficient (Wildman–Crippen LogP) is 1.04. The molecule has 1 unspecified atom stereocenters. The molecule has 3 rings (SSSR count). The van der Waals surface area contributed by atoms with Crippen LogP contribution in [-0.4, -0.2) is 60.5 Å². The number of hydrogen-bond acceptors (Lipinski definition) is 4. The van der Waals surface area contributed by atoms with Gasteiger partial charge in [-0.05, 0) is 12.8 Å². The summed E-state index contributed by atoms with van der Waals surface area (Å²) in [5, 5.41) is 0. The molecule has 2 saturated heterocycles. The van der Waals surface area contributed by atoms with Crippen LogP contribution in [0.2, 0.25) is 0 Å². The van der Waals surface area contributed by atoms with Crippen molar-refractivity contribution in [3.8, 4) is 0 Å². The van der Waals surface area contributed by atoms with Crippen LogP contribution in [0.5, 0.6) is 0 Å². The molecule has 0 bridgehead atoms. The topological polar surface area (TPSA) is 60.1 Å². The van der Waals surface area contributed by atoms with E-state index < -0.39 is 0 Å². The lowest BCUT2D eigenvalue weighted by atomic mass is 10.2. The first-order valence-electron chi connectivity index (χ1n) is 7.22. The SMILES string of the molecule is NC(=NCC1COC2(CCCC2)O1)N1CCSCC1. The van der Waals surface area contributed by atoms with Gasteiger partial charge in [0, 0.05) is 37.4 Å². The fourth-order valence-electron chi connectivity index (χ4n) is 2.97. The molecular formula is C13H23N3O2S. The fraction of sp³-hybridized carbons (Fsp3) is 0.923. The van der Waals surface area contributed by atoms with Gasteiger partial charge in [0.1, 0.15) is 6.10 Å². The molecule has 0 aromatic rings. The van der Waals surface area contributed by atoms with E-state index in [0.717, 1.165) is 37.4 Å². The van der Waals surface area contributed by atoms with E-state index in [1.165, 1.54) is 12.8 Å². The highest BCUT2D eigenvalue weighted by atomic mass is 32.2. The molecule has 1 saturated carbocycles. The van der Waals surface area contributed by atoms with Gasteiger partial charge in [-0.25, -0.2) is 0 Å². The van der Waals surface area contributed by atoms with E-state index in [4.69, 9.17) is 15.2 Å². The summed E-state index contributed by atoms with van der Waals surface area (Å²) in [6.07, 6.45) is 4.57. The summed E-state index contributed by atoms with van der Waals surface area (Å²) in [5.74, 6) is 2.66. The van der Waals surface area contributed by atoms with E-state index in [2.05, 4.69) is 9.89 Å². The van der Waals surface area contributed by atoms with Crippen molar-refractivity contribution in [1.82, 2.24) is 4.90 Å². The van der Waals surface area contributed by atoms with Crippen LogP contribution in [0.3, 0.4) is 0 Å². The largest absolute Gasteiger partial charge is 0.370 e. The van der Waals surface area contributed by atoms with E-state index in [1.807, 2.05) is 11.8 Å². The number of thioether (sulfide) groups is 1. The third-order valence-corrected chi connectivity index (χ3v) is 5.01. The monoisotopic (exact) mass is 285 g/mol. The van der Waals surface area contributed by atoms with Gasteiger partial charge in [-0.1, -0.05) is 0 Å². The fourth-order valence-corrected chi connectivity index (χ4v) is 3.87. The lowest BCUT2D eigenvalue weighted by Crippen LogP contribution is -2.43. The molecule has 108 valence electrons. The van der Waals surface area contributed by atoms with Gasteiger partial charge >= 0.3 is 0 Å². The molecule has 0 aromatic carbocycles. The maximum Gasteiger partial charge on any atom is 0.191 e. The van der Waals surface area contributed by atoms with Gasteiger partial charge in [0.15, 0.2) is 11.7 Å². The molecule has 2 N–H and O–H groups in total. The van der Waals surface area contributed by atoms with Crippen LogP contribution in [0.4, 0.5) is 0 Å². The molecular weight excluding hydrogens is 262 g/mol. The Bertz CT molecular complexity index is 339. The van der Waals surface area contributed by atoms with Crippen molar-refractivity contribution in [2.75, 3.05) is 37.7 Å². The Hall–Kier alpha value is -0.460. The summed E-state index contributed by atoms with van der Waals surface area (Å²) in [5.41, 5.74) is 6.04. The van der Waals surface area contributed by atoms with Crippen LogP contribution in [0.1, 0.15) is 25.7 Å². The Balaban J connectivity index is 1.49. The van der Waals surface area contributed by atoms with Gasteiger partial charge in [-0.2, -0.15) is 11.8 Å². The first kappa shape index (κ1) is 13.5. The summed E-state index contributed by atoms with van der Waals surface area (Å²) in [7, 11) is 0. The zero-order chi connectivity index (χ0) is 13.1. The molecule has 2 aliphatic heterocycles. The zero-order valence-corrected chi connectivity index (χ0v) is 12.2. The average Bonchev–Trinajstić information content (AvgIpc) is 3.08. The maximum atomic E-state index is 6.04. The molecule has 0 radical (unpaired) electrons. The molecule has 5 nitrogen and oxygen atoms in total. The smallest absolute Gasteiger partial charge is 0.191 e. The number of guanidine groups is 1. The Morgan fingerprint density at radius 2 is 2.05 bits per heavy atom. The van der Waals surface area contributed by atoms with Gasteiger partial charge in [-0.3, -0.25) is 4.99 Å². The molecule has 3 fully saturated rings. The third kappa shape index (κ3) is 3.17. The minimum absolute atomic E-state index is 0.0795. The highest BCUT2D eigenvalue weighted by Crippen LogP contribution is 2.39. The van der Waals surface area contributed by atoms with Crippen molar-refractivity contribution in [1.29, 1.82) is 0 Å². The summed E-state index contributed by atoms with van der Waals surface area (Å²) in [4.78, 5) is 6.65. The Morgan fingerprint density at radius 3 is 2.79 bits per heavy atom. The maximum absolute atomic E-state index is 6.04. The highest BCUT2D eigenvalue weighted by Gasteiger charge is 2.43. The van der Waals surface area contributed by atoms with Gasteiger partial charge in [0.2, 0.25) is 0 Å². The Morgan fingerprint density at radius 1 is 1.32 bits per heavy atom. The predicted molar refractivity (Wildman–Crippen MR) is 77.4 cm³/mol. The number of rotatable bonds is 2. The van der Waals surface area contributed by atoms with Crippen molar-refractivity contribution < 1.29 is 9.47 Å². The Labute approximate surface area is 118 Å². The lowest BCUT2D eigenvalue weighted by Gasteiger charge is -2.27. The normalized spacial score (nSPS) is 31.3. The van der Waals surface area contributed by atoms with Gasteiger partial charge < -0.3 is 20.1 Å². The Kier molecular flexibility index (Phi) is 4.19. The lowest BCUT2D eigenvalue weighted by molar-refractivity contribution is -0.160. The first-order chi connectivity index (χ1) is 9.27. The molecule has 2 heterocycles. The number of nitrogens with two attached hydrogens (primary N) is 1. The van der Waals surface area contributed by atoms with E-state index >= 15 is 0 Å². The van der Waals surface area contributed by atoms with Crippen molar-refractivity contribution in [2.24, 2.45) is 10.7 Å². The molecule has 0 aromatic heterocycles. The quantitative estimate of drug-likeness (QED) is 0.607. The second-order valence-corrected chi connectivity index (χ2v) is 6.69. The molecule has 1 aliphatic carbocycles. The van der Waals surface area contributed by atoms with Crippen LogP contribution in [0, 0.1) is 0 Å². The van der Waals surface area contributed by atoms with Crippen LogP contribution in [-0.2, 0) is 9.47 Å². The van der Waals surface area contributed by atoms with E-state index in [-0.39, 0.29) is 11.9 Å². The van der Waals surface area contributed by atoms with Crippen molar-refractivity contribution in [3.05, 3.63) is 0 Å². The second-order valence-electron chi connectivity index (χ2n) is 5.47. The number of hydrogen-bond donors (Lipinski definition) is 1. The average molecular weight is 285 g/mol. The molecule has 0 amide bonds. The standard InChI is InChI=1S/C13H23N3O2S/c14-12(16-5-7-19-8-6-16)15-9-11-10-17-13(18-11)3-1-2-4-13/h11H,1-10H2,(H2,14,15). The summed E-state index contributed by atoms with van der Waals surface area (Å²) in [6.45, 7) is 3.29. The van der Waals surface area contributed by atoms with Gasteiger partial charge in [-0.15, -0.1) is 0 Å². The van der Waals surface area contributed by atoms with Crippen LogP contribution < -0.4 is 5.73 Å². The second kappa shape index (κ2) is 5.89.